The van der Waals surface area contributed by atoms with E-state index in [1.54, 1.807) is 24.3 Å². The summed E-state index contributed by atoms with van der Waals surface area (Å²) in [5, 5.41) is 5.74. The van der Waals surface area contributed by atoms with Gasteiger partial charge in [0.15, 0.2) is 6.61 Å². The lowest BCUT2D eigenvalue weighted by molar-refractivity contribution is -0.127. The molecule has 4 rings (SSSR count). The molecular weight excluding hydrogens is 497 g/mol. The first-order valence-corrected chi connectivity index (χ1v) is 12.7. The third-order valence-electron chi connectivity index (χ3n) is 6.76. The van der Waals surface area contributed by atoms with Gasteiger partial charge in [-0.05, 0) is 60.4 Å². The van der Waals surface area contributed by atoms with Crippen LogP contribution in [0.15, 0.2) is 42.5 Å². The largest absolute Gasteiger partial charge is 0.484 e. The van der Waals surface area contributed by atoms with Crippen LogP contribution in [0, 0.1) is 11.3 Å². The maximum atomic E-state index is 12.8. The van der Waals surface area contributed by atoms with E-state index in [9.17, 15) is 22.8 Å². The summed E-state index contributed by atoms with van der Waals surface area (Å²) in [5.41, 5.74) is 2.54. The van der Waals surface area contributed by atoms with Gasteiger partial charge in [0, 0.05) is 17.8 Å². The molecule has 1 aliphatic carbocycles. The zero-order valence-corrected chi connectivity index (χ0v) is 21.8. The van der Waals surface area contributed by atoms with Crippen LogP contribution in [0.5, 0.6) is 5.75 Å². The molecule has 0 spiro atoms. The highest BCUT2D eigenvalue weighted by Gasteiger charge is 2.35. The minimum atomic E-state index is -4.26. The van der Waals surface area contributed by atoms with Crippen LogP contribution in [-0.4, -0.2) is 41.1 Å². The molecule has 0 unspecified atom stereocenters. The van der Waals surface area contributed by atoms with E-state index in [-0.39, 0.29) is 30.2 Å². The Hall–Kier alpha value is -3.56. The first-order chi connectivity index (χ1) is 17.9. The third-order valence-corrected chi connectivity index (χ3v) is 6.76. The van der Waals surface area contributed by atoms with E-state index in [2.05, 4.69) is 36.0 Å². The summed E-state index contributed by atoms with van der Waals surface area (Å²) < 4.78 is 46.1. The quantitative estimate of drug-likeness (QED) is 0.333. The Bertz CT molecular complexity index is 1280. The van der Waals surface area contributed by atoms with E-state index in [0.29, 0.717) is 35.1 Å². The number of halogens is 3. The van der Waals surface area contributed by atoms with Gasteiger partial charge in [-0.3, -0.25) is 4.79 Å². The monoisotopic (exact) mass is 530 g/mol. The first kappa shape index (κ1) is 27.5. The zero-order chi connectivity index (χ0) is 27.5. The first-order valence-electron chi connectivity index (χ1n) is 12.7. The summed E-state index contributed by atoms with van der Waals surface area (Å²) in [6, 6.07) is 11.8. The second kappa shape index (κ2) is 11.0. The molecule has 1 heterocycles. The molecule has 2 atom stereocenters. The van der Waals surface area contributed by atoms with Gasteiger partial charge in [0.2, 0.25) is 5.95 Å². The number of nitrogens with one attached hydrogen (secondary N) is 2. The van der Waals surface area contributed by atoms with E-state index in [1.807, 2.05) is 6.07 Å². The second-order valence-corrected chi connectivity index (χ2v) is 10.9. The van der Waals surface area contributed by atoms with E-state index in [0.717, 1.165) is 24.8 Å². The Morgan fingerprint density at radius 2 is 1.92 bits per heavy atom. The number of carbonyl (C=O) groups is 2. The zero-order valence-electron chi connectivity index (χ0n) is 21.8. The lowest BCUT2D eigenvalue weighted by Crippen LogP contribution is -2.30. The van der Waals surface area contributed by atoms with E-state index < -0.39 is 18.5 Å². The Morgan fingerprint density at radius 1 is 1.18 bits per heavy atom. The molecule has 1 aliphatic rings. The van der Waals surface area contributed by atoms with E-state index in [1.165, 1.54) is 12.1 Å². The topological polar surface area (TPSA) is 85.2 Å². The number of anilines is 2. The van der Waals surface area contributed by atoms with Gasteiger partial charge in [-0.2, -0.15) is 13.2 Å². The molecule has 1 fully saturated rings. The minimum absolute atomic E-state index is 0.0754. The van der Waals surface area contributed by atoms with Gasteiger partial charge in [-0.15, -0.1) is 0 Å². The van der Waals surface area contributed by atoms with Crippen molar-refractivity contribution in [3.05, 3.63) is 48.0 Å². The molecule has 1 amide bonds. The molecule has 1 saturated carbocycles. The van der Waals surface area contributed by atoms with Crippen LogP contribution in [0.2, 0.25) is 0 Å². The average Bonchev–Trinajstić information content (AvgIpc) is 3.17. The van der Waals surface area contributed by atoms with Crippen LogP contribution in [0.1, 0.15) is 51.6 Å². The fraction of sp³-hybridized carbons (Fsp3) is 0.464. The van der Waals surface area contributed by atoms with E-state index >= 15 is 0 Å². The molecule has 38 heavy (non-hydrogen) atoms. The summed E-state index contributed by atoms with van der Waals surface area (Å²) in [4.78, 5) is 27.1. The highest BCUT2D eigenvalue weighted by molar-refractivity contribution is 5.82. The number of hydrogen-bond donors (Lipinski definition) is 2. The van der Waals surface area contributed by atoms with Crippen molar-refractivity contribution in [1.82, 2.24) is 14.9 Å². The minimum Gasteiger partial charge on any atom is -0.484 e. The molecule has 0 saturated heterocycles. The van der Waals surface area contributed by atoms with Crippen molar-refractivity contribution in [2.45, 2.75) is 58.7 Å². The number of nitrogens with zero attached hydrogens (tertiary/aromatic N) is 2. The van der Waals surface area contributed by atoms with Crippen molar-refractivity contribution in [2.75, 3.05) is 18.5 Å². The SMILES string of the molecule is C[C@H]1C[C@@H](n2c(Nc3ccc(CC(F)(F)F)cc3)nc3cc(OCC(=O)NCC=O)ccc32)CC(C)(C)C1. The molecule has 204 valence electrons. The average molecular weight is 531 g/mol. The van der Waals surface area contributed by atoms with Gasteiger partial charge in [0.05, 0.1) is 24.0 Å². The van der Waals surface area contributed by atoms with E-state index in [4.69, 9.17) is 9.72 Å². The Labute approximate surface area is 219 Å². The molecular formula is C28H33F3N4O3. The van der Waals surface area contributed by atoms with Gasteiger partial charge in [-0.25, -0.2) is 4.98 Å². The lowest BCUT2D eigenvalue weighted by atomic mass is 9.70. The fourth-order valence-corrected chi connectivity index (χ4v) is 5.54. The number of amides is 1. The number of alkyl halides is 3. The van der Waals surface area contributed by atoms with Gasteiger partial charge in [0.25, 0.3) is 5.91 Å². The Balaban J connectivity index is 1.64. The summed E-state index contributed by atoms with van der Waals surface area (Å²) in [5.74, 6) is 1.17. The van der Waals surface area contributed by atoms with Gasteiger partial charge >= 0.3 is 6.18 Å². The molecule has 2 N–H and O–H groups in total. The number of ether oxygens (including phenoxy) is 1. The standard InChI is InChI=1S/C28H33F3N4O3/c1-18-12-21(16-27(2,3)14-18)35-24-9-8-22(38-17-25(37)32-10-11-36)13-23(24)34-26(35)33-20-6-4-19(5-7-20)15-28(29,30)31/h4-9,11,13,18,21H,10,12,14-17H2,1-3H3,(H,32,37)(H,33,34)/t18-,21+/m0/s1. The van der Waals surface area contributed by atoms with Crippen molar-refractivity contribution in [3.8, 4) is 5.75 Å². The third kappa shape index (κ3) is 7.05. The maximum absolute atomic E-state index is 12.8. The van der Waals surface area contributed by atoms with Crippen molar-refractivity contribution in [3.63, 3.8) is 0 Å². The fourth-order valence-electron chi connectivity index (χ4n) is 5.54. The Morgan fingerprint density at radius 3 is 2.58 bits per heavy atom. The van der Waals surface area contributed by atoms with Crippen molar-refractivity contribution in [2.24, 2.45) is 11.3 Å². The number of aromatic nitrogens is 2. The Kier molecular flexibility index (Phi) is 7.99. The number of benzene rings is 2. The molecule has 0 bridgehead atoms. The predicted molar refractivity (Wildman–Crippen MR) is 140 cm³/mol. The molecule has 10 heteroatoms. The van der Waals surface area contributed by atoms with Gasteiger partial charge in [-0.1, -0.05) is 32.9 Å². The van der Waals surface area contributed by atoms with Crippen LogP contribution >= 0.6 is 0 Å². The number of carbonyl (C=O) groups excluding carboxylic acids is 2. The van der Waals surface area contributed by atoms with Crippen LogP contribution in [0.3, 0.4) is 0 Å². The van der Waals surface area contributed by atoms with Gasteiger partial charge < -0.3 is 24.7 Å². The predicted octanol–water partition coefficient (Wildman–Crippen LogP) is 5.97. The molecule has 0 aliphatic heterocycles. The van der Waals surface area contributed by atoms with Crippen molar-refractivity contribution in [1.29, 1.82) is 0 Å². The summed E-state index contributed by atoms with van der Waals surface area (Å²) in [6.07, 6.45) is -1.58. The number of fused-ring (bicyclic) bond motifs is 1. The summed E-state index contributed by atoms with van der Waals surface area (Å²) in [6.45, 7) is 6.48. The molecule has 3 aromatic rings. The maximum Gasteiger partial charge on any atom is 0.393 e. The number of imidazole rings is 1. The summed E-state index contributed by atoms with van der Waals surface area (Å²) in [7, 11) is 0. The van der Waals surface area contributed by atoms with Crippen LogP contribution in [-0.2, 0) is 16.0 Å². The smallest absolute Gasteiger partial charge is 0.393 e. The molecule has 2 aromatic carbocycles. The van der Waals surface area contributed by atoms with Crippen LogP contribution in [0.4, 0.5) is 24.8 Å². The normalized spacial score (nSPS) is 19.2. The second-order valence-electron chi connectivity index (χ2n) is 10.9. The lowest BCUT2D eigenvalue weighted by Gasteiger charge is -2.40. The summed E-state index contributed by atoms with van der Waals surface area (Å²) >= 11 is 0. The molecule has 7 nitrogen and oxygen atoms in total. The van der Waals surface area contributed by atoms with Gasteiger partial charge in [0.1, 0.15) is 12.0 Å². The number of rotatable bonds is 9. The van der Waals surface area contributed by atoms with Crippen LogP contribution in [0.25, 0.3) is 11.0 Å². The van der Waals surface area contributed by atoms with Crippen molar-refractivity contribution >= 4 is 34.9 Å². The highest BCUT2D eigenvalue weighted by atomic mass is 19.4. The van der Waals surface area contributed by atoms with Crippen LogP contribution < -0.4 is 15.4 Å². The number of aldehydes is 1. The highest BCUT2D eigenvalue weighted by Crippen LogP contribution is 2.46. The molecule has 0 radical (unpaired) electrons. The number of hydrogen-bond acceptors (Lipinski definition) is 5. The molecule has 1 aromatic heterocycles. The van der Waals surface area contributed by atoms with Crippen molar-refractivity contribution < 1.29 is 27.5 Å².